The van der Waals surface area contributed by atoms with E-state index in [1.54, 1.807) is 18.2 Å². The molecule has 1 aromatic heterocycles. The number of hydrogen-bond acceptors (Lipinski definition) is 6. The van der Waals surface area contributed by atoms with Gasteiger partial charge in [-0.05, 0) is 54.5 Å². The first-order valence-electron chi connectivity index (χ1n) is 10.5. The minimum Gasteiger partial charge on any atom is -0.418 e. The maximum atomic E-state index is 12.7. The van der Waals surface area contributed by atoms with Gasteiger partial charge in [0.25, 0.3) is 11.9 Å². The molecule has 1 unspecified atom stereocenters. The zero-order chi connectivity index (χ0) is 23.5. The first kappa shape index (κ1) is 22.6. The third-order valence-electron chi connectivity index (χ3n) is 5.74. The summed E-state index contributed by atoms with van der Waals surface area (Å²) in [4.78, 5) is 9.12. The molecule has 1 saturated heterocycles. The van der Waals surface area contributed by atoms with Crippen molar-refractivity contribution in [2.45, 2.75) is 70.1 Å². The zero-order valence-electron chi connectivity index (χ0n) is 18.5. The fraction of sp³-hybridized carbons (Fsp3) is 0.545. The Morgan fingerprint density at radius 3 is 2.50 bits per heavy atom. The first-order chi connectivity index (χ1) is 14.7. The average molecular weight is 451 g/mol. The largest absolute Gasteiger partial charge is 0.418 e. The number of rotatable bonds is 4. The minimum absolute atomic E-state index is 0.0125. The smallest absolute Gasteiger partial charge is 0.405 e. The molecule has 7 nitrogen and oxygen atoms in total. The number of amidine groups is 1. The molecule has 5 N–H and O–H groups in total. The molecule has 4 rings (SSSR count). The van der Waals surface area contributed by atoms with Crippen molar-refractivity contribution < 1.29 is 23.0 Å². The molecule has 1 aliphatic heterocycles. The second-order valence-corrected chi connectivity index (χ2v) is 9.64. The Morgan fingerprint density at radius 2 is 1.94 bits per heavy atom. The number of aliphatic hydroxyl groups excluding tert-OH is 1. The molecule has 0 radical (unpaired) electrons. The Balaban J connectivity index is 1.68. The predicted molar refractivity (Wildman–Crippen MR) is 116 cm³/mol. The SMILES string of the molecule is Cc1cc(C2(N)NC(=NC3CC(O)C3)O2)nc2c(C(C)(C)C)cc(NCC(F)(F)F)cc12. The molecule has 1 aliphatic carbocycles. The van der Waals surface area contributed by atoms with Crippen molar-refractivity contribution in [3.63, 3.8) is 0 Å². The normalized spacial score (nSPS) is 26.8. The van der Waals surface area contributed by atoms with Gasteiger partial charge in [-0.15, -0.1) is 0 Å². The van der Waals surface area contributed by atoms with Gasteiger partial charge in [-0.1, -0.05) is 20.8 Å². The van der Waals surface area contributed by atoms with Crippen LogP contribution in [0.15, 0.2) is 23.2 Å². The number of nitrogens with two attached hydrogens (primary N) is 1. The zero-order valence-corrected chi connectivity index (χ0v) is 18.5. The summed E-state index contributed by atoms with van der Waals surface area (Å²) in [6.07, 6.45) is -3.44. The highest BCUT2D eigenvalue weighted by atomic mass is 19.4. The van der Waals surface area contributed by atoms with Gasteiger partial charge in [0.15, 0.2) is 0 Å². The lowest BCUT2D eigenvalue weighted by atomic mass is 9.84. The Hall–Kier alpha value is -2.59. The highest BCUT2D eigenvalue weighted by Crippen LogP contribution is 2.36. The molecule has 0 bridgehead atoms. The summed E-state index contributed by atoms with van der Waals surface area (Å²) >= 11 is 0. The lowest BCUT2D eigenvalue weighted by Gasteiger charge is -2.41. The standard InChI is InChI=1S/C22H28F3N5O2/c1-11-5-17(22(26)30-19(32-22)28-13-6-14(31)7-13)29-18-15(11)8-12(27-10-21(23,24)25)9-16(18)20(2,3)4/h5,8-9,13-14,27,31H,6-7,10,26H2,1-4H3,(H,28,30). The number of aryl methyl sites for hydroxylation is 1. The van der Waals surface area contributed by atoms with E-state index in [0.717, 1.165) is 16.5 Å². The van der Waals surface area contributed by atoms with Crippen LogP contribution in [0.5, 0.6) is 0 Å². The van der Waals surface area contributed by atoms with Crippen LogP contribution < -0.4 is 16.4 Å². The third kappa shape index (κ3) is 4.47. The molecule has 2 heterocycles. The van der Waals surface area contributed by atoms with Gasteiger partial charge in [0.2, 0.25) is 0 Å². The van der Waals surface area contributed by atoms with Gasteiger partial charge >= 0.3 is 6.18 Å². The molecular weight excluding hydrogens is 423 g/mol. The van der Waals surface area contributed by atoms with Gasteiger partial charge in [0, 0.05) is 11.1 Å². The number of ether oxygens (including phenoxy) is 1. The van der Waals surface area contributed by atoms with Crippen LogP contribution in [0.1, 0.15) is 50.4 Å². The summed E-state index contributed by atoms with van der Waals surface area (Å²) in [6, 6.07) is 5.47. The molecule has 2 aliphatic rings. The molecule has 0 spiro atoms. The van der Waals surface area contributed by atoms with Gasteiger partial charge < -0.3 is 15.2 Å². The number of aliphatic hydroxyl groups is 1. The van der Waals surface area contributed by atoms with Gasteiger partial charge in [-0.2, -0.15) is 13.2 Å². The van der Waals surface area contributed by atoms with Gasteiger partial charge in [0.05, 0.1) is 17.7 Å². The van der Waals surface area contributed by atoms with Crippen molar-refractivity contribution in [1.82, 2.24) is 10.3 Å². The van der Waals surface area contributed by atoms with E-state index < -0.39 is 18.6 Å². The number of anilines is 1. The number of aliphatic imine (C=N–C) groups is 1. The summed E-state index contributed by atoms with van der Waals surface area (Å²) in [5.74, 6) is -1.34. The number of alkyl halides is 3. The first-order valence-corrected chi connectivity index (χ1v) is 10.5. The van der Waals surface area contributed by atoms with Gasteiger partial charge in [0.1, 0.15) is 12.2 Å². The number of halogens is 3. The summed E-state index contributed by atoms with van der Waals surface area (Å²) in [6.45, 7) is 6.68. The number of nitrogens with zero attached hydrogens (tertiary/aromatic N) is 2. The second kappa shape index (κ2) is 7.48. The average Bonchev–Trinajstić information content (AvgIpc) is 2.61. The topological polar surface area (TPSA) is 105 Å². The van der Waals surface area contributed by atoms with Crippen molar-refractivity contribution in [2.75, 3.05) is 11.9 Å². The Bertz CT molecular complexity index is 1060. The minimum atomic E-state index is -4.32. The fourth-order valence-electron chi connectivity index (χ4n) is 3.88. The highest BCUT2D eigenvalue weighted by molar-refractivity contribution is 5.90. The fourth-order valence-corrected chi connectivity index (χ4v) is 3.88. The quantitative estimate of drug-likeness (QED) is 0.568. The number of aromatic nitrogens is 1. The molecule has 1 aromatic carbocycles. The number of pyridine rings is 1. The van der Waals surface area contributed by atoms with Crippen molar-refractivity contribution in [3.8, 4) is 0 Å². The molecule has 1 atom stereocenters. The van der Waals surface area contributed by atoms with Gasteiger partial charge in [-0.25, -0.2) is 9.98 Å². The van der Waals surface area contributed by atoms with Crippen LogP contribution >= 0.6 is 0 Å². The third-order valence-corrected chi connectivity index (χ3v) is 5.74. The molecule has 1 saturated carbocycles. The summed E-state index contributed by atoms with van der Waals surface area (Å²) < 4.78 is 43.9. The van der Waals surface area contributed by atoms with Crippen LogP contribution in [0.2, 0.25) is 0 Å². The van der Waals surface area contributed by atoms with E-state index in [0.29, 0.717) is 35.8 Å². The maximum absolute atomic E-state index is 12.7. The molecule has 2 fully saturated rings. The maximum Gasteiger partial charge on any atom is 0.405 e. The van der Waals surface area contributed by atoms with Crippen LogP contribution in [0, 0.1) is 6.92 Å². The van der Waals surface area contributed by atoms with Crippen molar-refractivity contribution in [1.29, 1.82) is 0 Å². The van der Waals surface area contributed by atoms with Crippen LogP contribution in [0.4, 0.5) is 18.9 Å². The Kier molecular flexibility index (Phi) is 5.28. The lowest BCUT2D eigenvalue weighted by molar-refractivity contribution is -0.115. The number of nitrogens with one attached hydrogen (secondary N) is 2. The summed E-state index contributed by atoms with van der Waals surface area (Å²) in [5, 5.41) is 15.6. The summed E-state index contributed by atoms with van der Waals surface area (Å²) in [7, 11) is 0. The van der Waals surface area contributed by atoms with Crippen LogP contribution in [0.25, 0.3) is 10.9 Å². The molecule has 32 heavy (non-hydrogen) atoms. The molecule has 2 aromatic rings. The monoisotopic (exact) mass is 451 g/mol. The van der Waals surface area contributed by atoms with Crippen LogP contribution in [-0.4, -0.2) is 41.0 Å². The number of hydrogen-bond donors (Lipinski definition) is 4. The van der Waals surface area contributed by atoms with E-state index in [2.05, 4.69) is 15.6 Å². The number of fused-ring (bicyclic) bond motifs is 1. The number of benzene rings is 1. The van der Waals surface area contributed by atoms with Crippen molar-refractivity contribution >= 4 is 22.6 Å². The Labute approximate surface area is 184 Å². The molecule has 10 heteroatoms. The van der Waals surface area contributed by atoms with E-state index in [1.807, 2.05) is 27.7 Å². The summed E-state index contributed by atoms with van der Waals surface area (Å²) in [5.41, 5.74) is 9.09. The van der Waals surface area contributed by atoms with E-state index >= 15 is 0 Å². The lowest BCUT2D eigenvalue weighted by Crippen LogP contribution is -2.67. The van der Waals surface area contributed by atoms with Crippen molar-refractivity contribution in [2.24, 2.45) is 10.7 Å². The van der Waals surface area contributed by atoms with Crippen LogP contribution in [0.3, 0.4) is 0 Å². The van der Waals surface area contributed by atoms with Crippen molar-refractivity contribution in [3.05, 3.63) is 35.0 Å². The predicted octanol–water partition coefficient (Wildman–Crippen LogP) is 3.38. The molecule has 0 amide bonds. The Morgan fingerprint density at radius 1 is 1.28 bits per heavy atom. The molecule has 174 valence electrons. The second-order valence-electron chi connectivity index (χ2n) is 9.64. The van der Waals surface area contributed by atoms with Crippen LogP contribution in [-0.2, 0) is 16.0 Å². The molecular formula is C22H28F3N5O2. The highest BCUT2D eigenvalue weighted by Gasteiger charge is 2.45. The van der Waals surface area contributed by atoms with E-state index in [1.165, 1.54) is 0 Å². The van der Waals surface area contributed by atoms with E-state index in [4.69, 9.17) is 15.5 Å². The van der Waals surface area contributed by atoms with E-state index in [-0.39, 0.29) is 17.6 Å². The van der Waals surface area contributed by atoms with Gasteiger partial charge in [-0.3, -0.25) is 11.1 Å². The van der Waals surface area contributed by atoms with E-state index in [9.17, 15) is 18.3 Å².